The molecule has 4 rings (SSSR count). The highest BCUT2D eigenvalue weighted by Gasteiger charge is 2.51. The lowest BCUT2D eigenvalue weighted by Gasteiger charge is -2.46. The molecule has 7 heteroatoms. The zero-order valence-electron chi connectivity index (χ0n) is 18.3. The van der Waals surface area contributed by atoms with E-state index < -0.39 is 5.54 Å². The molecule has 0 unspecified atom stereocenters. The molecule has 2 amide bonds. The van der Waals surface area contributed by atoms with Gasteiger partial charge >= 0.3 is 0 Å². The van der Waals surface area contributed by atoms with Crippen LogP contribution in [0.4, 0.5) is 5.69 Å². The maximum atomic E-state index is 12.9. The molecule has 0 aliphatic carbocycles. The summed E-state index contributed by atoms with van der Waals surface area (Å²) < 4.78 is 2.11. The fourth-order valence-electron chi connectivity index (χ4n) is 4.76. The van der Waals surface area contributed by atoms with Crippen molar-refractivity contribution in [2.45, 2.75) is 52.1 Å². The largest absolute Gasteiger partial charge is 0.352 e. The zero-order chi connectivity index (χ0) is 21.5. The highest BCUT2D eigenvalue weighted by Crippen LogP contribution is 2.46. The van der Waals surface area contributed by atoms with Gasteiger partial charge in [0.05, 0.1) is 17.9 Å². The monoisotopic (exact) mass is 409 g/mol. The zero-order valence-corrected chi connectivity index (χ0v) is 18.3. The van der Waals surface area contributed by atoms with E-state index in [4.69, 9.17) is 0 Å². The molecular formula is C23H31N5O2. The smallest absolute Gasteiger partial charge is 0.239 e. The third-order valence-electron chi connectivity index (χ3n) is 5.96. The second kappa shape index (κ2) is 7.78. The lowest BCUT2D eigenvalue weighted by Crippen LogP contribution is -2.56. The minimum absolute atomic E-state index is 0.0221. The first-order valence-corrected chi connectivity index (χ1v) is 10.8. The Labute approximate surface area is 178 Å². The van der Waals surface area contributed by atoms with Crippen LogP contribution in [0.25, 0.3) is 5.82 Å². The molecule has 0 bridgehead atoms. The molecule has 2 aliphatic heterocycles. The van der Waals surface area contributed by atoms with Crippen molar-refractivity contribution in [3.8, 4) is 5.82 Å². The van der Waals surface area contributed by atoms with Crippen LogP contribution in [0, 0.1) is 5.92 Å². The Bertz CT molecular complexity index is 951. The molecule has 30 heavy (non-hydrogen) atoms. The van der Waals surface area contributed by atoms with E-state index in [0.29, 0.717) is 25.4 Å². The van der Waals surface area contributed by atoms with E-state index in [1.165, 1.54) is 0 Å². The number of amides is 2. The van der Waals surface area contributed by atoms with Gasteiger partial charge in [0.15, 0.2) is 5.82 Å². The first-order valence-electron chi connectivity index (χ1n) is 10.8. The molecule has 1 saturated heterocycles. The van der Waals surface area contributed by atoms with Gasteiger partial charge in [-0.05, 0) is 50.5 Å². The predicted octanol–water partition coefficient (Wildman–Crippen LogP) is 2.69. The van der Waals surface area contributed by atoms with E-state index in [-0.39, 0.29) is 24.4 Å². The van der Waals surface area contributed by atoms with Crippen molar-refractivity contribution in [1.29, 1.82) is 0 Å². The Balaban J connectivity index is 1.75. The molecule has 1 spiro atoms. The summed E-state index contributed by atoms with van der Waals surface area (Å²) in [6.07, 6.45) is 5.13. The van der Waals surface area contributed by atoms with Crippen LogP contribution >= 0.6 is 0 Å². The maximum Gasteiger partial charge on any atom is 0.239 e. The van der Waals surface area contributed by atoms with Crippen LogP contribution in [0.15, 0.2) is 36.7 Å². The topological polar surface area (TPSA) is 70.5 Å². The van der Waals surface area contributed by atoms with Crippen molar-refractivity contribution < 1.29 is 9.59 Å². The number of pyridine rings is 1. The van der Waals surface area contributed by atoms with Gasteiger partial charge in [-0.2, -0.15) is 0 Å². The molecule has 0 saturated carbocycles. The SMILES string of the molecule is CC(C)CC(=O)N1CC[C@]2(C1)c1cccn1-c1ncccc1N2CC(=O)NC(C)C. The Hall–Kier alpha value is -2.83. The van der Waals surface area contributed by atoms with Crippen LogP contribution in [0.2, 0.25) is 0 Å². The van der Waals surface area contributed by atoms with Gasteiger partial charge in [-0.25, -0.2) is 4.98 Å². The Morgan fingerprint density at radius 1 is 1.20 bits per heavy atom. The van der Waals surface area contributed by atoms with E-state index in [9.17, 15) is 9.59 Å². The second-order valence-corrected chi connectivity index (χ2v) is 9.11. The summed E-state index contributed by atoms with van der Waals surface area (Å²) >= 11 is 0. The molecule has 0 aromatic carbocycles. The summed E-state index contributed by atoms with van der Waals surface area (Å²) in [5.41, 5.74) is 1.57. The van der Waals surface area contributed by atoms with Crippen LogP contribution in [-0.2, 0) is 15.1 Å². The molecule has 2 aromatic heterocycles. The number of rotatable bonds is 5. The molecule has 4 heterocycles. The molecule has 7 nitrogen and oxygen atoms in total. The van der Waals surface area contributed by atoms with Gasteiger partial charge in [-0.1, -0.05) is 13.8 Å². The third kappa shape index (κ3) is 3.46. The van der Waals surface area contributed by atoms with Crippen molar-refractivity contribution in [3.63, 3.8) is 0 Å². The van der Waals surface area contributed by atoms with E-state index >= 15 is 0 Å². The number of likely N-dealkylation sites (tertiary alicyclic amines) is 1. The number of hydrogen-bond donors (Lipinski definition) is 1. The standard InChI is InChI=1S/C23H31N5O2/c1-16(2)13-21(30)26-12-9-23(15-26)19-8-6-11-27(19)22-18(7-5-10-24-22)28(23)14-20(29)25-17(3)4/h5-8,10-11,16-17H,9,12-15H2,1-4H3,(H,25,29)/t23-/m0/s1. The van der Waals surface area contributed by atoms with Crippen LogP contribution in [0.3, 0.4) is 0 Å². The predicted molar refractivity (Wildman–Crippen MR) is 117 cm³/mol. The van der Waals surface area contributed by atoms with E-state index in [2.05, 4.69) is 39.7 Å². The summed E-state index contributed by atoms with van der Waals surface area (Å²) in [5, 5.41) is 3.02. The van der Waals surface area contributed by atoms with E-state index in [1.807, 2.05) is 43.1 Å². The van der Waals surface area contributed by atoms with Crippen molar-refractivity contribution in [1.82, 2.24) is 19.8 Å². The molecule has 0 radical (unpaired) electrons. The van der Waals surface area contributed by atoms with Crippen LogP contribution in [0.1, 0.15) is 46.2 Å². The van der Waals surface area contributed by atoms with E-state index in [1.54, 1.807) is 6.20 Å². The first kappa shape index (κ1) is 20.4. The van der Waals surface area contributed by atoms with Gasteiger partial charge < -0.3 is 19.7 Å². The quantitative estimate of drug-likeness (QED) is 0.824. The molecule has 1 N–H and O–H groups in total. The van der Waals surface area contributed by atoms with Crippen LogP contribution in [-0.4, -0.2) is 51.9 Å². The average Bonchev–Trinajstić information content (AvgIpc) is 3.33. The lowest BCUT2D eigenvalue weighted by atomic mass is 9.88. The first-order chi connectivity index (χ1) is 14.3. The van der Waals surface area contributed by atoms with Crippen LogP contribution in [0.5, 0.6) is 0 Å². The highest BCUT2D eigenvalue weighted by molar-refractivity contribution is 5.84. The molecule has 160 valence electrons. The van der Waals surface area contributed by atoms with Gasteiger partial charge in [0.1, 0.15) is 5.54 Å². The van der Waals surface area contributed by atoms with Gasteiger partial charge in [-0.15, -0.1) is 0 Å². The maximum absolute atomic E-state index is 12.9. The summed E-state index contributed by atoms with van der Waals surface area (Å²) in [6, 6.07) is 8.12. The van der Waals surface area contributed by atoms with Crippen molar-refractivity contribution in [2.24, 2.45) is 5.92 Å². The average molecular weight is 410 g/mol. The lowest BCUT2D eigenvalue weighted by molar-refractivity contribution is -0.131. The number of anilines is 1. The normalized spacial score (nSPS) is 20.1. The minimum Gasteiger partial charge on any atom is -0.352 e. The third-order valence-corrected chi connectivity index (χ3v) is 5.96. The Kier molecular flexibility index (Phi) is 5.30. The number of hydrogen-bond acceptors (Lipinski definition) is 4. The molecular weight excluding hydrogens is 378 g/mol. The van der Waals surface area contributed by atoms with Crippen molar-refractivity contribution in [2.75, 3.05) is 24.5 Å². The number of fused-ring (bicyclic) bond motifs is 4. The number of nitrogens with zero attached hydrogens (tertiary/aromatic N) is 4. The number of nitrogens with one attached hydrogen (secondary N) is 1. The van der Waals surface area contributed by atoms with Crippen molar-refractivity contribution in [3.05, 3.63) is 42.4 Å². The van der Waals surface area contributed by atoms with Gasteiger partial charge in [0, 0.05) is 37.9 Å². The second-order valence-electron chi connectivity index (χ2n) is 9.11. The summed E-state index contributed by atoms with van der Waals surface area (Å²) in [7, 11) is 0. The summed E-state index contributed by atoms with van der Waals surface area (Å²) in [5.74, 6) is 1.31. The molecule has 1 fully saturated rings. The van der Waals surface area contributed by atoms with Gasteiger partial charge in [0.25, 0.3) is 0 Å². The van der Waals surface area contributed by atoms with Crippen LogP contribution < -0.4 is 10.2 Å². The Morgan fingerprint density at radius 2 is 2.00 bits per heavy atom. The number of carbonyl (C=O) groups is 2. The van der Waals surface area contributed by atoms with E-state index in [0.717, 1.165) is 23.6 Å². The fourth-order valence-corrected chi connectivity index (χ4v) is 4.76. The van der Waals surface area contributed by atoms with Crippen molar-refractivity contribution >= 4 is 17.5 Å². The van der Waals surface area contributed by atoms with Gasteiger partial charge in [0.2, 0.25) is 11.8 Å². The molecule has 2 aliphatic rings. The van der Waals surface area contributed by atoms with Gasteiger partial charge in [-0.3, -0.25) is 9.59 Å². The highest BCUT2D eigenvalue weighted by atomic mass is 16.2. The number of aromatic nitrogens is 2. The molecule has 2 aromatic rings. The summed E-state index contributed by atoms with van der Waals surface area (Å²) in [4.78, 5) is 34.4. The Morgan fingerprint density at radius 3 is 2.73 bits per heavy atom. The fraction of sp³-hybridized carbons (Fsp3) is 0.522. The molecule has 1 atom stereocenters. The number of carbonyl (C=O) groups excluding carboxylic acids is 2. The summed E-state index contributed by atoms with van der Waals surface area (Å²) in [6.45, 7) is 9.56. The minimum atomic E-state index is -0.444.